The number of carbonyl (C=O) groups excluding carboxylic acids is 2. The number of halogens is 1. The van der Waals surface area contributed by atoms with Gasteiger partial charge in [-0.15, -0.1) is 12.4 Å². The molecule has 2 aliphatic carbocycles. The summed E-state index contributed by atoms with van der Waals surface area (Å²) >= 11 is 0. The Bertz CT molecular complexity index is 420. The largest absolute Gasteiger partial charge is 0.352 e. The van der Waals surface area contributed by atoms with Crippen LogP contribution in [0.5, 0.6) is 0 Å². The van der Waals surface area contributed by atoms with Crippen LogP contribution >= 0.6 is 12.4 Å². The van der Waals surface area contributed by atoms with Gasteiger partial charge in [0.05, 0.1) is 0 Å². The zero-order valence-electron chi connectivity index (χ0n) is 12.9. The van der Waals surface area contributed by atoms with E-state index in [9.17, 15) is 9.59 Å². The number of nitrogens with one attached hydrogen (secondary N) is 1. The van der Waals surface area contributed by atoms with Crippen molar-refractivity contribution in [3.05, 3.63) is 0 Å². The van der Waals surface area contributed by atoms with E-state index in [0.29, 0.717) is 24.4 Å². The number of nitrogens with two attached hydrogens (primary N) is 2. The third kappa shape index (κ3) is 3.49. The van der Waals surface area contributed by atoms with Gasteiger partial charge in [0.25, 0.3) is 0 Å². The van der Waals surface area contributed by atoms with Gasteiger partial charge >= 0.3 is 6.03 Å². The fourth-order valence-corrected chi connectivity index (χ4v) is 4.53. The molecule has 1 saturated heterocycles. The van der Waals surface area contributed by atoms with Crippen molar-refractivity contribution in [1.29, 1.82) is 0 Å². The SMILES string of the molecule is Cl.NC(=O)NC1CCN(C(=O)C2CC3CCCC(C2)C3N)C1. The van der Waals surface area contributed by atoms with Gasteiger partial charge in [0.15, 0.2) is 0 Å². The topological polar surface area (TPSA) is 101 Å². The van der Waals surface area contributed by atoms with Crippen LogP contribution in [0.1, 0.15) is 38.5 Å². The summed E-state index contributed by atoms with van der Waals surface area (Å²) in [5.74, 6) is 1.43. The first-order valence-corrected chi connectivity index (χ1v) is 8.15. The molecular weight excluding hydrogens is 304 g/mol. The summed E-state index contributed by atoms with van der Waals surface area (Å²) in [7, 11) is 0. The molecule has 3 aliphatic rings. The van der Waals surface area contributed by atoms with Crippen LogP contribution in [0.2, 0.25) is 0 Å². The zero-order valence-corrected chi connectivity index (χ0v) is 13.7. The highest BCUT2D eigenvalue weighted by atomic mass is 35.5. The predicted octanol–water partition coefficient (Wildman–Crippen LogP) is 0.831. The molecule has 3 unspecified atom stereocenters. The van der Waals surface area contributed by atoms with E-state index in [4.69, 9.17) is 11.5 Å². The Morgan fingerprint density at radius 3 is 2.32 bits per heavy atom. The summed E-state index contributed by atoms with van der Waals surface area (Å²) in [6.45, 7) is 1.32. The maximum Gasteiger partial charge on any atom is 0.312 e. The second kappa shape index (κ2) is 7.04. The van der Waals surface area contributed by atoms with Gasteiger partial charge < -0.3 is 21.7 Å². The van der Waals surface area contributed by atoms with Crippen molar-refractivity contribution in [2.24, 2.45) is 29.2 Å². The molecule has 0 aromatic carbocycles. The summed E-state index contributed by atoms with van der Waals surface area (Å²) in [5.41, 5.74) is 11.4. The number of fused-ring (bicyclic) bond motifs is 2. The van der Waals surface area contributed by atoms with Crippen molar-refractivity contribution in [3.8, 4) is 0 Å². The van der Waals surface area contributed by atoms with Gasteiger partial charge in [-0.1, -0.05) is 6.42 Å². The molecule has 0 radical (unpaired) electrons. The van der Waals surface area contributed by atoms with E-state index in [0.717, 1.165) is 25.8 Å². The highest BCUT2D eigenvalue weighted by Crippen LogP contribution is 2.42. The van der Waals surface area contributed by atoms with Crippen LogP contribution in [-0.4, -0.2) is 42.0 Å². The van der Waals surface area contributed by atoms with Crippen molar-refractivity contribution in [2.45, 2.75) is 50.6 Å². The number of likely N-dealkylation sites (tertiary alicyclic amines) is 1. The van der Waals surface area contributed by atoms with E-state index in [1.807, 2.05) is 4.90 Å². The minimum Gasteiger partial charge on any atom is -0.352 e. The van der Waals surface area contributed by atoms with Crippen LogP contribution in [0.15, 0.2) is 0 Å². The molecule has 5 N–H and O–H groups in total. The molecule has 3 amide bonds. The van der Waals surface area contributed by atoms with Gasteiger partial charge in [-0.05, 0) is 43.9 Å². The van der Waals surface area contributed by atoms with Crippen LogP contribution in [0.4, 0.5) is 4.79 Å². The highest BCUT2D eigenvalue weighted by molar-refractivity contribution is 5.85. The Balaban J connectivity index is 0.00000176. The molecule has 1 heterocycles. The number of amides is 3. The van der Waals surface area contributed by atoms with Gasteiger partial charge in [-0.2, -0.15) is 0 Å². The molecule has 3 rings (SSSR count). The molecule has 2 saturated carbocycles. The Morgan fingerprint density at radius 2 is 1.73 bits per heavy atom. The lowest BCUT2D eigenvalue weighted by Crippen LogP contribution is -2.50. The number of primary amides is 1. The van der Waals surface area contributed by atoms with E-state index in [1.165, 1.54) is 19.3 Å². The van der Waals surface area contributed by atoms with E-state index < -0.39 is 6.03 Å². The monoisotopic (exact) mass is 330 g/mol. The molecule has 22 heavy (non-hydrogen) atoms. The number of carbonyl (C=O) groups is 2. The molecular formula is C15H27ClN4O2. The van der Waals surface area contributed by atoms with Crippen LogP contribution in [0.3, 0.4) is 0 Å². The molecule has 3 atom stereocenters. The Kier molecular flexibility index (Phi) is 5.55. The lowest BCUT2D eigenvalue weighted by molar-refractivity contribution is -0.137. The summed E-state index contributed by atoms with van der Waals surface area (Å²) in [6.07, 6.45) is 6.30. The van der Waals surface area contributed by atoms with Crippen molar-refractivity contribution >= 4 is 24.3 Å². The number of rotatable bonds is 2. The van der Waals surface area contributed by atoms with Gasteiger partial charge in [0.1, 0.15) is 0 Å². The first-order chi connectivity index (χ1) is 10.0. The Hall–Kier alpha value is -1.01. The van der Waals surface area contributed by atoms with E-state index in [-0.39, 0.29) is 30.3 Å². The summed E-state index contributed by atoms with van der Waals surface area (Å²) in [5, 5.41) is 2.70. The third-order valence-corrected chi connectivity index (χ3v) is 5.61. The van der Waals surface area contributed by atoms with Gasteiger partial charge in [0.2, 0.25) is 5.91 Å². The molecule has 6 nitrogen and oxygen atoms in total. The lowest BCUT2D eigenvalue weighted by Gasteiger charge is -2.44. The standard InChI is InChI=1S/C15H26N4O2.ClH/c16-13-9-2-1-3-10(13)7-11(6-9)14(20)19-5-4-12(8-19)18-15(17)21;/h9-13H,1-8,16H2,(H3,17,18,21);1H. The molecule has 2 bridgehead atoms. The molecule has 7 heteroatoms. The predicted molar refractivity (Wildman–Crippen MR) is 86.5 cm³/mol. The average molecular weight is 331 g/mol. The first kappa shape index (κ1) is 17.3. The quantitative estimate of drug-likeness (QED) is 0.699. The third-order valence-electron chi connectivity index (χ3n) is 5.61. The Labute approximate surface area is 137 Å². The zero-order chi connectivity index (χ0) is 15.0. The van der Waals surface area contributed by atoms with Crippen molar-refractivity contribution in [3.63, 3.8) is 0 Å². The summed E-state index contributed by atoms with van der Waals surface area (Å²) < 4.78 is 0. The van der Waals surface area contributed by atoms with Crippen LogP contribution in [0, 0.1) is 17.8 Å². The minimum absolute atomic E-state index is 0. The lowest BCUT2D eigenvalue weighted by atomic mass is 9.65. The molecule has 1 aliphatic heterocycles. The second-order valence-corrected chi connectivity index (χ2v) is 6.98. The van der Waals surface area contributed by atoms with Crippen LogP contribution in [-0.2, 0) is 4.79 Å². The second-order valence-electron chi connectivity index (χ2n) is 6.98. The van der Waals surface area contributed by atoms with E-state index >= 15 is 0 Å². The molecule has 0 aromatic rings. The fraction of sp³-hybridized carbons (Fsp3) is 0.867. The van der Waals surface area contributed by atoms with E-state index in [1.54, 1.807) is 0 Å². The normalized spacial score (nSPS) is 37.3. The van der Waals surface area contributed by atoms with Crippen LogP contribution in [0.25, 0.3) is 0 Å². The van der Waals surface area contributed by atoms with Gasteiger partial charge in [-0.3, -0.25) is 4.79 Å². The molecule has 126 valence electrons. The number of nitrogens with zero attached hydrogens (tertiary/aromatic N) is 1. The van der Waals surface area contributed by atoms with E-state index in [2.05, 4.69) is 5.32 Å². The number of hydrogen-bond donors (Lipinski definition) is 3. The fourth-order valence-electron chi connectivity index (χ4n) is 4.53. The highest BCUT2D eigenvalue weighted by Gasteiger charge is 2.42. The van der Waals surface area contributed by atoms with Gasteiger partial charge in [-0.25, -0.2) is 4.79 Å². The van der Waals surface area contributed by atoms with Crippen molar-refractivity contribution in [2.75, 3.05) is 13.1 Å². The number of hydrogen-bond acceptors (Lipinski definition) is 3. The minimum atomic E-state index is -0.507. The maximum atomic E-state index is 12.7. The average Bonchev–Trinajstić information content (AvgIpc) is 2.85. The summed E-state index contributed by atoms with van der Waals surface area (Å²) in [6, 6.07) is -0.199. The van der Waals surface area contributed by atoms with Crippen molar-refractivity contribution < 1.29 is 9.59 Å². The van der Waals surface area contributed by atoms with Gasteiger partial charge in [0, 0.05) is 31.1 Å². The molecule has 0 aromatic heterocycles. The summed E-state index contributed by atoms with van der Waals surface area (Å²) in [4.78, 5) is 25.5. The Morgan fingerprint density at radius 1 is 1.09 bits per heavy atom. The van der Waals surface area contributed by atoms with Crippen molar-refractivity contribution in [1.82, 2.24) is 10.2 Å². The van der Waals surface area contributed by atoms with Crippen LogP contribution < -0.4 is 16.8 Å². The first-order valence-electron chi connectivity index (χ1n) is 8.15. The molecule has 3 fully saturated rings. The molecule has 0 spiro atoms. The maximum absolute atomic E-state index is 12.7. The smallest absolute Gasteiger partial charge is 0.312 e. The number of urea groups is 1.